The molecule has 1 aromatic carbocycles. The fourth-order valence-corrected chi connectivity index (χ4v) is 4.10. The highest BCUT2D eigenvalue weighted by Gasteiger charge is 2.61. The molecule has 118 valence electrons. The number of fused-ring (bicyclic) bond motifs is 1. The molecule has 0 radical (unpaired) electrons. The minimum absolute atomic E-state index is 0.142. The summed E-state index contributed by atoms with van der Waals surface area (Å²) in [4.78, 5) is 25.4. The van der Waals surface area contributed by atoms with Crippen LogP contribution < -0.4 is 10.1 Å². The summed E-state index contributed by atoms with van der Waals surface area (Å²) in [7, 11) is 0. The number of hydrogen-bond donors (Lipinski definition) is 2. The van der Waals surface area contributed by atoms with Crippen molar-refractivity contribution in [1.29, 1.82) is 0 Å². The number of ether oxygens (including phenoxy) is 1. The molecule has 0 saturated carbocycles. The van der Waals surface area contributed by atoms with E-state index in [4.69, 9.17) is 4.74 Å². The zero-order valence-electron chi connectivity index (χ0n) is 12.4. The maximum Gasteiger partial charge on any atom is 0.258 e. The number of β-lactam (4-membered cyclic amide) rings is 1. The number of aliphatic hydroxyl groups excluding tert-OH is 1. The van der Waals surface area contributed by atoms with Gasteiger partial charge in [0.2, 0.25) is 0 Å². The maximum absolute atomic E-state index is 12.0. The molecule has 22 heavy (non-hydrogen) atoms. The molecule has 0 aliphatic carbocycles. The van der Waals surface area contributed by atoms with Crippen molar-refractivity contribution in [3.05, 3.63) is 30.3 Å². The Morgan fingerprint density at radius 3 is 2.77 bits per heavy atom. The Balaban J connectivity index is 1.54. The van der Waals surface area contributed by atoms with Gasteiger partial charge in [0, 0.05) is 0 Å². The molecule has 2 amide bonds. The average Bonchev–Trinajstić information content (AvgIpc) is 2.71. The second-order valence-electron chi connectivity index (χ2n) is 5.88. The third-order valence-electron chi connectivity index (χ3n) is 3.82. The van der Waals surface area contributed by atoms with Crippen molar-refractivity contribution in [2.75, 3.05) is 6.61 Å². The van der Waals surface area contributed by atoms with E-state index in [1.807, 2.05) is 32.0 Å². The van der Waals surface area contributed by atoms with Gasteiger partial charge in [-0.05, 0) is 26.0 Å². The monoisotopic (exact) mass is 322 g/mol. The van der Waals surface area contributed by atoms with Gasteiger partial charge in [0.25, 0.3) is 11.8 Å². The first-order valence-electron chi connectivity index (χ1n) is 7.05. The molecule has 2 unspecified atom stereocenters. The van der Waals surface area contributed by atoms with Crippen molar-refractivity contribution in [3.63, 3.8) is 0 Å². The summed E-state index contributed by atoms with van der Waals surface area (Å²) in [5.41, 5.74) is 0. The van der Waals surface area contributed by atoms with Crippen LogP contribution >= 0.6 is 11.8 Å². The molecule has 2 heterocycles. The molecule has 2 saturated heterocycles. The Morgan fingerprint density at radius 1 is 1.41 bits per heavy atom. The Kier molecular flexibility index (Phi) is 3.78. The van der Waals surface area contributed by atoms with Gasteiger partial charge in [-0.3, -0.25) is 14.5 Å². The Hall–Kier alpha value is -1.73. The minimum atomic E-state index is -0.816. The number of hydrogen-bond acceptors (Lipinski definition) is 5. The Bertz CT molecular complexity index is 592. The number of rotatable bonds is 4. The van der Waals surface area contributed by atoms with Gasteiger partial charge in [-0.2, -0.15) is 0 Å². The van der Waals surface area contributed by atoms with Gasteiger partial charge < -0.3 is 15.2 Å². The smallest absolute Gasteiger partial charge is 0.258 e. The van der Waals surface area contributed by atoms with E-state index in [2.05, 4.69) is 5.32 Å². The van der Waals surface area contributed by atoms with Crippen LogP contribution in [0.2, 0.25) is 0 Å². The van der Waals surface area contributed by atoms with Crippen molar-refractivity contribution in [1.82, 2.24) is 10.2 Å². The molecule has 2 N–H and O–H groups in total. The van der Waals surface area contributed by atoms with Crippen LogP contribution in [0.5, 0.6) is 5.75 Å². The predicted molar refractivity (Wildman–Crippen MR) is 82.2 cm³/mol. The van der Waals surface area contributed by atoms with E-state index in [0.29, 0.717) is 5.75 Å². The first-order chi connectivity index (χ1) is 10.4. The van der Waals surface area contributed by atoms with Gasteiger partial charge in [-0.15, -0.1) is 11.8 Å². The first kappa shape index (κ1) is 15.2. The summed E-state index contributed by atoms with van der Waals surface area (Å²) in [5.74, 6) is 0.0105. The molecule has 6 nitrogen and oxygen atoms in total. The number of nitrogens with zero attached hydrogens (tertiary/aromatic N) is 1. The highest BCUT2D eigenvalue weighted by molar-refractivity contribution is 8.01. The van der Waals surface area contributed by atoms with Crippen molar-refractivity contribution in [3.8, 4) is 5.75 Å². The highest BCUT2D eigenvalue weighted by atomic mass is 32.2. The first-order valence-corrected chi connectivity index (χ1v) is 7.93. The number of nitrogens with one attached hydrogen (secondary N) is 1. The van der Waals surface area contributed by atoms with Crippen LogP contribution in [0.15, 0.2) is 30.3 Å². The average molecular weight is 322 g/mol. The second-order valence-corrected chi connectivity index (χ2v) is 7.65. The standard InChI is InChI=1S/C15H18N2O4S/c1-15(2)14(20)17-12(19)11(13(17)22-15)16-10(18)8-21-9-6-4-3-5-7-9/h3-7,11,13-14,20H,8H2,1-2H3,(H,16,18)/t11?,13-,14?/m0/s1. The Morgan fingerprint density at radius 2 is 2.09 bits per heavy atom. The lowest BCUT2D eigenvalue weighted by Gasteiger charge is -2.43. The summed E-state index contributed by atoms with van der Waals surface area (Å²) >= 11 is 1.49. The van der Waals surface area contributed by atoms with Crippen LogP contribution in [0.25, 0.3) is 0 Å². The zero-order valence-corrected chi connectivity index (χ0v) is 13.2. The lowest BCUT2D eigenvalue weighted by Crippen LogP contribution is -2.69. The largest absolute Gasteiger partial charge is 0.484 e. The van der Waals surface area contributed by atoms with Gasteiger partial charge in [0.1, 0.15) is 23.4 Å². The van der Waals surface area contributed by atoms with Crippen molar-refractivity contribution < 1.29 is 19.4 Å². The highest BCUT2D eigenvalue weighted by Crippen LogP contribution is 2.49. The summed E-state index contributed by atoms with van der Waals surface area (Å²) in [6, 6.07) is 8.43. The van der Waals surface area contributed by atoms with Gasteiger partial charge in [-0.25, -0.2) is 0 Å². The second kappa shape index (κ2) is 5.48. The molecule has 0 spiro atoms. The van der Waals surface area contributed by atoms with Gasteiger partial charge in [0.15, 0.2) is 6.61 Å². The van der Waals surface area contributed by atoms with E-state index in [9.17, 15) is 14.7 Å². The summed E-state index contributed by atoms with van der Waals surface area (Å²) in [6.45, 7) is 3.62. The molecule has 1 aromatic rings. The number of amides is 2. The van der Waals surface area contributed by atoms with Crippen LogP contribution in [0.1, 0.15) is 13.8 Å². The van der Waals surface area contributed by atoms with E-state index >= 15 is 0 Å². The molecule has 3 atom stereocenters. The SMILES string of the molecule is CC1(C)S[C@H]2C(NC(=O)COc3ccccc3)C(=O)N2C1O. The van der Waals surface area contributed by atoms with Gasteiger partial charge >= 0.3 is 0 Å². The van der Waals surface area contributed by atoms with Crippen LogP contribution in [-0.4, -0.2) is 50.8 Å². The number of aliphatic hydroxyl groups is 1. The third-order valence-corrected chi connectivity index (χ3v) is 5.38. The van der Waals surface area contributed by atoms with E-state index in [1.54, 1.807) is 12.1 Å². The van der Waals surface area contributed by atoms with Crippen LogP contribution in [-0.2, 0) is 9.59 Å². The van der Waals surface area contributed by atoms with Gasteiger partial charge in [0.05, 0.1) is 4.75 Å². The van der Waals surface area contributed by atoms with Crippen LogP contribution in [0.3, 0.4) is 0 Å². The van der Waals surface area contributed by atoms with Crippen molar-refractivity contribution >= 4 is 23.6 Å². The summed E-state index contributed by atoms with van der Waals surface area (Å²) < 4.78 is 4.92. The topological polar surface area (TPSA) is 78.9 Å². The van der Waals surface area contributed by atoms with E-state index in [0.717, 1.165) is 0 Å². The number of thioether (sulfide) groups is 1. The van der Waals surface area contributed by atoms with E-state index < -0.39 is 17.0 Å². The van der Waals surface area contributed by atoms with E-state index in [1.165, 1.54) is 16.7 Å². The van der Waals surface area contributed by atoms with Crippen molar-refractivity contribution in [2.24, 2.45) is 0 Å². The number of benzene rings is 1. The quantitative estimate of drug-likeness (QED) is 0.792. The van der Waals surface area contributed by atoms with Crippen LogP contribution in [0.4, 0.5) is 0 Å². The molecule has 0 aromatic heterocycles. The molecule has 2 fully saturated rings. The van der Waals surface area contributed by atoms with Crippen molar-refractivity contribution in [2.45, 2.75) is 36.2 Å². The molecule has 7 heteroatoms. The molecule has 2 aliphatic rings. The Labute approximate surface area is 132 Å². The fraction of sp³-hybridized carbons (Fsp3) is 0.467. The lowest BCUT2D eigenvalue weighted by molar-refractivity contribution is -0.162. The molecular formula is C15H18N2O4S. The molecule has 2 aliphatic heterocycles. The lowest BCUT2D eigenvalue weighted by atomic mass is 10.0. The fourth-order valence-electron chi connectivity index (χ4n) is 2.59. The third kappa shape index (κ3) is 2.55. The molecule has 0 bridgehead atoms. The summed E-state index contributed by atoms with van der Waals surface area (Å²) in [5, 5.41) is 12.5. The van der Waals surface area contributed by atoms with Gasteiger partial charge in [-0.1, -0.05) is 18.2 Å². The minimum Gasteiger partial charge on any atom is -0.484 e. The normalized spacial score (nSPS) is 28.8. The zero-order chi connectivity index (χ0) is 15.9. The number of carbonyl (C=O) groups is 2. The maximum atomic E-state index is 12.0. The predicted octanol–water partition coefficient (Wildman–Crippen LogP) is 0.562. The summed E-state index contributed by atoms with van der Waals surface area (Å²) in [6.07, 6.45) is -0.816. The molecular weight excluding hydrogens is 304 g/mol. The number of carbonyl (C=O) groups excluding carboxylic acids is 2. The van der Waals surface area contributed by atoms with Crippen LogP contribution in [0, 0.1) is 0 Å². The molecule has 3 rings (SSSR count). The van der Waals surface area contributed by atoms with E-state index in [-0.39, 0.29) is 23.8 Å². The number of para-hydroxylation sites is 1.